The maximum atomic E-state index is 12.3. The highest BCUT2D eigenvalue weighted by Gasteiger charge is 2.39. The lowest BCUT2D eigenvalue weighted by molar-refractivity contribution is -0.128. The summed E-state index contributed by atoms with van der Waals surface area (Å²) in [6.07, 6.45) is 3.21. The average molecular weight is 287 g/mol. The smallest absolute Gasteiger partial charge is 0.233 e. The van der Waals surface area contributed by atoms with Gasteiger partial charge < -0.3 is 16.4 Å². The maximum Gasteiger partial charge on any atom is 0.233 e. The van der Waals surface area contributed by atoms with E-state index in [1.54, 1.807) is 7.05 Å². The molecule has 4 N–H and O–H groups in total. The second-order valence-electron chi connectivity index (χ2n) is 4.63. The quantitative estimate of drug-likeness (QED) is 0.555. The Balaban J connectivity index is 4.71. The highest BCUT2D eigenvalue weighted by atomic mass is 32.1. The summed E-state index contributed by atoms with van der Waals surface area (Å²) in [7, 11) is 1.57. The number of thiocarbonyl (C=S) groups is 1. The zero-order valence-corrected chi connectivity index (χ0v) is 12.9. The molecule has 2 amide bonds. The van der Waals surface area contributed by atoms with E-state index >= 15 is 0 Å². The van der Waals surface area contributed by atoms with E-state index in [1.165, 1.54) is 0 Å². The molecule has 0 saturated carbocycles. The highest BCUT2D eigenvalue weighted by molar-refractivity contribution is 7.80. The Labute approximate surface area is 120 Å². The van der Waals surface area contributed by atoms with E-state index in [1.807, 2.05) is 13.8 Å². The summed E-state index contributed by atoms with van der Waals surface area (Å²) < 4.78 is 0. The minimum Gasteiger partial charge on any atom is -0.392 e. The van der Waals surface area contributed by atoms with Crippen molar-refractivity contribution in [2.75, 3.05) is 13.6 Å². The van der Waals surface area contributed by atoms with E-state index < -0.39 is 5.41 Å². The number of rotatable bonds is 9. The number of hydrogen-bond acceptors (Lipinski definition) is 3. The first-order valence-corrected chi connectivity index (χ1v) is 7.14. The minimum atomic E-state index is -0.776. The second-order valence-corrected chi connectivity index (χ2v) is 5.07. The average Bonchev–Trinajstić information content (AvgIpc) is 2.37. The molecule has 6 heteroatoms. The standard InChI is InChI=1S/C13H25N3O2S/c1-4-7-13(8-5-2,11(14)19)12(18)16-9-6-10(17)15-3/h4-9H2,1-3H3,(H2,14,19)(H,15,17)(H,16,18). The van der Waals surface area contributed by atoms with Crippen LogP contribution in [0.4, 0.5) is 0 Å². The van der Waals surface area contributed by atoms with Gasteiger partial charge in [-0.2, -0.15) is 0 Å². The third-order valence-corrected chi connectivity index (χ3v) is 3.57. The molecule has 110 valence electrons. The van der Waals surface area contributed by atoms with Crippen molar-refractivity contribution in [3.05, 3.63) is 0 Å². The molecule has 0 aromatic heterocycles. The predicted octanol–water partition coefficient (Wildman–Crippen LogP) is 1.11. The van der Waals surface area contributed by atoms with E-state index in [0.717, 1.165) is 12.8 Å². The van der Waals surface area contributed by atoms with Crippen LogP contribution in [-0.4, -0.2) is 30.4 Å². The number of nitrogens with one attached hydrogen (secondary N) is 2. The van der Waals surface area contributed by atoms with Crippen LogP contribution in [0.15, 0.2) is 0 Å². The Hall–Kier alpha value is -1.17. The number of nitrogens with two attached hydrogens (primary N) is 1. The molecule has 0 aliphatic heterocycles. The molecule has 0 fully saturated rings. The molecule has 0 aliphatic carbocycles. The van der Waals surface area contributed by atoms with E-state index in [9.17, 15) is 9.59 Å². The Morgan fingerprint density at radius 2 is 1.74 bits per heavy atom. The third kappa shape index (κ3) is 5.14. The molecule has 0 aromatic rings. The summed E-state index contributed by atoms with van der Waals surface area (Å²) in [6, 6.07) is 0. The molecule has 0 aromatic carbocycles. The fraction of sp³-hybridized carbons (Fsp3) is 0.769. The van der Waals surface area contributed by atoms with Gasteiger partial charge in [-0.15, -0.1) is 0 Å². The first kappa shape index (κ1) is 17.8. The molecule has 0 unspecified atom stereocenters. The lowest BCUT2D eigenvalue weighted by atomic mass is 9.78. The van der Waals surface area contributed by atoms with Gasteiger partial charge in [0, 0.05) is 20.0 Å². The molecule has 5 nitrogen and oxygen atoms in total. The second kappa shape index (κ2) is 8.85. The molecule has 0 radical (unpaired) electrons. The Morgan fingerprint density at radius 3 is 2.11 bits per heavy atom. The molecular weight excluding hydrogens is 262 g/mol. The molecule has 0 saturated heterocycles. The molecular formula is C13H25N3O2S. The van der Waals surface area contributed by atoms with Gasteiger partial charge in [0.15, 0.2) is 0 Å². The molecule has 0 bridgehead atoms. The van der Waals surface area contributed by atoms with Crippen LogP contribution in [0.2, 0.25) is 0 Å². The van der Waals surface area contributed by atoms with Crippen molar-refractivity contribution in [2.24, 2.45) is 11.1 Å². The van der Waals surface area contributed by atoms with E-state index in [-0.39, 0.29) is 23.2 Å². The maximum absolute atomic E-state index is 12.3. The van der Waals surface area contributed by atoms with Gasteiger partial charge in [0.25, 0.3) is 0 Å². The third-order valence-electron chi connectivity index (χ3n) is 3.18. The molecule has 0 rings (SSSR count). The van der Waals surface area contributed by atoms with Gasteiger partial charge in [0.1, 0.15) is 0 Å². The van der Waals surface area contributed by atoms with Crippen LogP contribution in [0, 0.1) is 5.41 Å². The monoisotopic (exact) mass is 287 g/mol. The molecule has 0 atom stereocenters. The molecule has 19 heavy (non-hydrogen) atoms. The van der Waals surface area contributed by atoms with E-state index in [0.29, 0.717) is 19.4 Å². The number of hydrogen-bond donors (Lipinski definition) is 3. The summed E-state index contributed by atoms with van der Waals surface area (Å²) in [4.78, 5) is 23.7. The van der Waals surface area contributed by atoms with Crippen molar-refractivity contribution in [2.45, 2.75) is 46.0 Å². The van der Waals surface area contributed by atoms with E-state index in [4.69, 9.17) is 18.0 Å². The van der Waals surface area contributed by atoms with Gasteiger partial charge in [-0.3, -0.25) is 9.59 Å². The van der Waals surface area contributed by atoms with Gasteiger partial charge in [0.05, 0.1) is 10.4 Å². The van der Waals surface area contributed by atoms with Crippen molar-refractivity contribution < 1.29 is 9.59 Å². The summed E-state index contributed by atoms with van der Waals surface area (Å²) >= 11 is 5.10. The van der Waals surface area contributed by atoms with Crippen molar-refractivity contribution >= 4 is 29.0 Å². The zero-order valence-electron chi connectivity index (χ0n) is 12.0. The van der Waals surface area contributed by atoms with Gasteiger partial charge in [-0.1, -0.05) is 38.9 Å². The van der Waals surface area contributed by atoms with Crippen LogP contribution in [0.5, 0.6) is 0 Å². The van der Waals surface area contributed by atoms with Crippen LogP contribution in [0.25, 0.3) is 0 Å². The summed E-state index contributed by atoms with van der Waals surface area (Å²) in [6.45, 7) is 4.30. The topological polar surface area (TPSA) is 84.2 Å². The first-order valence-electron chi connectivity index (χ1n) is 6.73. The Kier molecular flexibility index (Phi) is 8.30. The van der Waals surface area contributed by atoms with Crippen molar-refractivity contribution in [1.29, 1.82) is 0 Å². The largest absolute Gasteiger partial charge is 0.392 e. The normalized spacial score (nSPS) is 10.9. The number of carbonyl (C=O) groups excluding carboxylic acids is 2. The number of carbonyl (C=O) groups is 2. The number of amides is 2. The van der Waals surface area contributed by atoms with Crippen LogP contribution in [0.3, 0.4) is 0 Å². The molecule has 0 heterocycles. The highest BCUT2D eigenvalue weighted by Crippen LogP contribution is 2.30. The summed E-state index contributed by atoms with van der Waals surface area (Å²) in [5.41, 5.74) is 5.02. The van der Waals surface area contributed by atoms with Gasteiger partial charge in [-0.25, -0.2) is 0 Å². The van der Waals surface area contributed by atoms with Crippen LogP contribution in [0.1, 0.15) is 46.0 Å². The Morgan fingerprint density at radius 1 is 1.21 bits per heavy atom. The van der Waals surface area contributed by atoms with Gasteiger partial charge in [0.2, 0.25) is 11.8 Å². The minimum absolute atomic E-state index is 0.104. The lowest BCUT2D eigenvalue weighted by Crippen LogP contribution is -2.49. The molecule has 0 spiro atoms. The summed E-state index contributed by atoms with van der Waals surface area (Å²) in [5.74, 6) is -0.264. The fourth-order valence-electron chi connectivity index (χ4n) is 2.15. The summed E-state index contributed by atoms with van der Waals surface area (Å²) in [5, 5.41) is 5.28. The molecule has 0 aliphatic rings. The lowest BCUT2D eigenvalue weighted by Gasteiger charge is -2.31. The van der Waals surface area contributed by atoms with Gasteiger partial charge in [-0.05, 0) is 12.8 Å². The SMILES string of the molecule is CCCC(CCC)(C(=O)NCCC(=O)NC)C(N)=S. The van der Waals surface area contributed by atoms with Crippen LogP contribution in [-0.2, 0) is 9.59 Å². The van der Waals surface area contributed by atoms with Crippen molar-refractivity contribution in [3.63, 3.8) is 0 Å². The van der Waals surface area contributed by atoms with E-state index in [2.05, 4.69) is 10.6 Å². The first-order chi connectivity index (χ1) is 8.94. The fourth-order valence-corrected chi connectivity index (χ4v) is 2.44. The Bertz CT molecular complexity index is 326. The van der Waals surface area contributed by atoms with Crippen LogP contribution < -0.4 is 16.4 Å². The van der Waals surface area contributed by atoms with Crippen molar-refractivity contribution in [1.82, 2.24) is 10.6 Å². The predicted molar refractivity (Wildman–Crippen MR) is 80.7 cm³/mol. The zero-order chi connectivity index (χ0) is 14.9. The van der Waals surface area contributed by atoms with Crippen LogP contribution >= 0.6 is 12.2 Å². The van der Waals surface area contributed by atoms with Crippen molar-refractivity contribution in [3.8, 4) is 0 Å². The van der Waals surface area contributed by atoms with Gasteiger partial charge >= 0.3 is 0 Å².